The molecule has 6 heteroatoms. The van der Waals surface area contributed by atoms with Gasteiger partial charge in [-0.1, -0.05) is 41.6 Å². The second kappa shape index (κ2) is 9.19. The van der Waals surface area contributed by atoms with Crippen LogP contribution in [0.15, 0.2) is 65.8 Å². The Kier molecular flexibility index (Phi) is 6.45. The summed E-state index contributed by atoms with van der Waals surface area (Å²) in [5.41, 5.74) is 3.87. The van der Waals surface area contributed by atoms with Crippen LogP contribution in [-0.4, -0.2) is 22.2 Å². The summed E-state index contributed by atoms with van der Waals surface area (Å²) >= 11 is 1.49. The first-order valence-corrected chi connectivity index (χ1v) is 9.97. The minimum Gasteiger partial charge on any atom is -0.423 e. The van der Waals surface area contributed by atoms with Crippen LogP contribution in [0.2, 0.25) is 0 Å². The first-order valence-electron chi connectivity index (χ1n) is 8.75. The van der Waals surface area contributed by atoms with E-state index in [2.05, 4.69) is 15.3 Å². The Bertz CT molecular complexity index is 984. The fraction of sp³-hybridized carbons (Fsp3) is 0.136. The van der Waals surface area contributed by atoms with Gasteiger partial charge in [0, 0.05) is 23.5 Å². The lowest BCUT2D eigenvalue weighted by molar-refractivity contribution is -0.128. The van der Waals surface area contributed by atoms with Crippen LogP contribution in [0.3, 0.4) is 0 Å². The summed E-state index contributed by atoms with van der Waals surface area (Å²) in [4.78, 5) is 20.7. The summed E-state index contributed by atoms with van der Waals surface area (Å²) in [5, 5.41) is 3.95. The number of thioether (sulfide) groups is 1. The maximum Gasteiger partial charge on any atom is 0.336 e. The number of nitrogens with one attached hydrogen (secondary N) is 1. The molecule has 0 unspecified atom stereocenters. The molecule has 1 aromatic heterocycles. The quantitative estimate of drug-likeness (QED) is 0.205. The molecule has 1 N–H and O–H groups in total. The van der Waals surface area contributed by atoms with Gasteiger partial charge in [0.05, 0.1) is 0 Å². The molecule has 0 saturated heterocycles. The number of hydrogen-bond donors (Lipinski definition) is 1. The van der Waals surface area contributed by atoms with Gasteiger partial charge < -0.3 is 10.1 Å². The van der Waals surface area contributed by atoms with Gasteiger partial charge in [-0.3, -0.25) is 0 Å². The smallest absolute Gasteiger partial charge is 0.336 e. The van der Waals surface area contributed by atoms with Crippen LogP contribution in [0, 0.1) is 13.8 Å². The Labute approximate surface area is 168 Å². The molecule has 0 bridgehead atoms. The fourth-order valence-electron chi connectivity index (χ4n) is 2.44. The number of ether oxygens (including phenoxy) is 1. The molecule has 0 spiro atoms. The molecule has 3 aromatic rings. The number of carbonyl (C=O) groups is 1. The molecule has 0 fully saturated rings. The maximum atomic E-state index is 12.0. The largest absolute Gasteiger partial charge is 0.423 e. The average Bonchev–Trinajstić information content (AvgIpc) is 2.68. The van der Waals surface area contributed by atoms with Gasteiger partial charge in [0.1, 0.15) is 11.6 Å². The second-order valence-corrected chi connectivity index (χ2v) is 6.97. The van der Waals surface area contributed by atoms with Gasteiger partial charge in [-0.05, 0) is 56.0 Å². The maximum absolute atomic E-state index is 12.0. The van der Waals surface area contributed by atoms with E-state index in [-0.39, 0.29) is 0 Å². The number of aromatic nitrogens is 2. The lowest BCUT2D eigenvalue weighted by Crippen LogP contribution is -2.03. The van der Waals surface area contributed by atoms with E-state index in [1.165, 1.54) is 23.4 Å². The molecule has 28 heavy (non-hydrogen) atoms. The van der Waals surface area contributed by atoms with Crippen molar-refractivity contribution in [2.75, 3.05) is 11.6 Å². The molecular weight excluding hydrogens is 370 g/mol. The summed E-state index contributed by atoms with van der Waals surface area (Å²) in [5.74, 6) is 0.785. The third-order valence-corrected chi connectivity index (χ3v) is 4.40. The average molecular weight is 391 g/mol. The number of anilines is 2. The van der Waals surface area contributed by atoms with Crippen LogP contribution in [0.4, 0.5) is 11.5 Å². The van der Waals surface area contributed by atoms with Crippen molar-refractivity contribution in [3.63, 3.8) is 0 Å². The highest BCUT2D eigenvalue weighted by Gasteiger charge is 2.04. The first kappa shape index (κ1) is 19.6. The topological polar surface area (TPSA) is 64.1 Å². The van der Waals surface area contributed by atoms with Crippen molar-refractivity contribution in [1.82, 2.24) is 9.97 Å². The van der Waals surface area contributed by atoms with E-state index in [0.717, 1.165) is 22.8 Å². The number of aryl methyl sites for hydroxylation is 2. The molecule has 0 aliphatic heterocycles. The van der Waals surface area contributed by atoms with Crippen molar-refractivity contribution in [3.8, 4) is 5.75 Å². The van der Waals surface area contributed by atoms with E-state index in [9.17, 15) is 4.79 Å². The third-order valence-electron chi connectivity index (χ3n) is 3.85. The van der Waals surface area contributed by atoms with Gasteiger partial charge >= 0.3 is 5.97 Å². The zero-order valence-electron chi connectivity index (χ0n) is 16.0. The molecule has 2 aromatic carbocycles. The SMILES string of the molecule is CSc1nc(C)cc(Nc2ccc(OC(=O)/C=C/c3ccc(C)cc3)cc2)n1. The Morgan fingerprint density at radius 1 is 1.04 bits per heavy atom. The number of nitrogens with zero attached hydrogens (tertiary/aromatic N) is 2. The minimum atomic E-state index is -0.419. The van der Waals surface area contributed by atoms with Crippen molar-refractivity contribution >= 4 is 35.3 Å². The number of rotatable bonds is 6. The van der Waals surface area contributed by atoms with Crippen LogP contribution < -0.4 is 10.1 Å². The van der Waals surface area contributed by atoms with Crippen molar-refractivity contribution in [2.45, 2.75) is 19.0 Å². The van der Waals surface area contributed by atoms with E-state index in [1.54, 1.807) is 18.2 Å². The monoisotopic (exact) mass is 391 g/mol. The molecule has 5 nitrogen and oxygen atoms in total. The third kappa shape index (κ3) is 5.69. The van der Waals surface area contributed by atoms with Gasteiger partial charge in [-0.2, -0.15) is 0 Å². The van der Waals surface area contributed by atoms with Gasteiger partial charge in [-0.15, -0.1) is 0 Å². The highest BCUT2D eigenvalue weighted by Crippen LogP contribution is 2.21. The zero-order valence-corrected chi connectivity index (χ0v) is 16.8. The van der Waals surface area contributed by atoms with Gasteiger partial charge in [0.2, 0.25) is 0 Å². The minimum absolute atomic E-state index is 0.419. The Hall–Kier alpha value is -3.12. The Morgan fingerprint density at radius 2 is 1.75 bits per heavy atom. The molecule has 0 amide bonds. The molecule has 0 saturated carbocycles. The standard InChI is InChI=1S/C22H21N3O2S/c1-15-4-6-17(7-5-15)8-13-21(26)27-19-11-9-18(10-12-19)24-20-14-16(2)23-22(25-20)28-3/h4-14H,1-3H3,(H,23,24,25)/b13-8+. The first-order chi connectivity index (χ1) is 13.5. The molecule has 0 aliphatic rings. The van der Waals surface area contributed by atoms with E-state index < -0.39 is 5.97 Å². The number of carbonyl (C=O) groups excluding carboxylic acids is 1. The van der Waals surface area contributed by atoms with Crippen LogP contribution >= 0.6 is 11.8 Å². The summed E-state index contributed by atoms with van der Waals surface area (Å²) in [7, 11) is 0. The summed E-state index contributed by atoms with van der Waals surface area (Å²) in [6, 6.07) is 16.9. The summed E-state index contributed by atoms with van der Waals surface area (Å²) in [6.07, 6.45) is 5.10. The lowest BCUT2D eigenvalue weighted by atomic mass is 10.1. The van der Waals surface area contributed by atoms with Crippen molar-refractivity contribution in [2.24, 2.45) is 0 Å². The predicted octanol–water partition coefficient (Wildman–Crippen LogP) is 5.18. The van der Waals surface area contributed by atoms with Crippen molar-refractivity contribution in [1.29, 1.82) is 0 Å². The molecule has 0 atom stereocenters. The highest BCUT2D eigenvalue weighted by molar-refractivity contribution is 7.98. The van der Waals surface area contributed by atoms with E-state index in [0.29, 0.717) is 10.9 Å². The van der Waals surface area contributed by atoms with E-state index in [1.807, 2.05) is 62.6 Å². The predicted molar refractivity (Wildman–Crippen MR) is 114 cm³/mol. The molecule has 1 heterocycles. The number of esters is 1. The van der Waals surface area contributed by atoms with Crippen molar-refractivity contribution in [3.05, 3.63) is 77.5 Å². The van der Waals surface area contributed by atoms with Crippen LogP contribution in [0.25, 0.3) is 6.08 Å². The zero-order chi connectivity index (χ0) is 19.9. The van der Waals surface area contributed by atoms with Crippen molar-refractivity contribution < 1.29 is 9.53 Å². The van der Waals surface area contributed by atoms with Gasteiger partial charge in [-0.25, -0.2) is 14.8 Å². The van der Waals surface area contributed by atoms with E-state index in [4.69, 9.17) is 4.74 Å². The summed E-state index contributed by atoms with van der Waals surface area (Å²) in [6.45, 7) is 3.95. The fourth-order valence-corrected chi connectivity index (χ4v) is 2.87. The highest BCUT2D eigenvalue weighted by atomic mass is 32.2. The number of hydrogen-bond acceptors (Lipinski definition) is 6. The van der Waals surface area contributed by atoms with Gasteiger partial charge in [0.15, 0.2) is 5.16 Å². The summed E-state index contributed by atoms with van der Waals surface area (Å²) < 4.78 is 5.34. The van der Waals surface area contributed by atoms with Crippen LogP contribution in [0.5, 0.6) is 5.75 Å². The van der Waals surface area contributed by atoms with E-state index >= 15 is 0 Å². The van der Waals surface area contributed by atoms with Gasteiger partial charge in [0.25, 0.3) is 0 Å². The molecule has 3 rings (SSSR count). The second-order valence-electron chi connectivity index (χ2n) is 6.20. The van der Waals surface area contributed by atoms with Crippen LogP contribution in [-0.2, 0) is 4.79 Å². The normalized spacial score (nSPS) is 10.8. The number of benzene rings is 2. The lowest BCUT2D eigenvalue weighted by Gasteiger charge is -2.08. The Balaban J connectivity index is 1.60. The van der Waals surface area contributed by atoms with Crippen LogP contribution in [0.1, 0.15) is 16.8 Å². The molecule has 0 radical (unpaired) electrons. The molecular formula is C22H21N3O2S. The Morgan fingerprint density at radius 3 is 2.43 bits per heavy atom. The molecule has 142 valence electrons. The molecule has 0 aliphatic carbocycles.